The van der Waals surface area contributed by atoms with Crippen molar-refractivity contribution in [1.29, 1.82) is 0 Å². The molecule has 0 fully saturated rings. The lowest BCUT2D eigenvalue weighted by molar-refractivity contribution is -0.110. The molecule has 0 saturated carbocycles. The predicted octanol–water partition coefficient (Wildman–Crippen LogP) is 3.86. The topological polar surface area (TPSA) is 34.1 Å². The maximum Gasteiger partial charge on any atom is 0.232 e. The number of benzene rings is 2. The molecule has 2 nitrogen and oxygen atoms in total. The summed E-state index contributed by atoms with van der Waals surface area (Å²) in [5, 5.41) is 0.0966. The van der Waals surface area contributed by atoms with Crippen LogP contribution in [0.2, 0.25) is 0 Å². The highest BCUT2D eigenvalue weighted by atomic mass is 35.5. The van der Waals surface area contributed by atoms with E-state index in [0.29, 0.717) is 11.1 Å². The summed E-state index contributed by atoms with van der Waals surface area (Å²) >= 11 is 5.95. The van der Waals surface area contributed by atoms with Crippen LogP contribution in [0.25, 0.3) is 5.03 Å². The average molecular weight is 289 g/mol. The zero-order valence-electron chi connectivity index (χ0n) is 10.3. The fraction of sp³-hybridized carbons (Fsp3) is 0. The first-order valence-electron chi connectivity index (χ1n) is 5.85. The molecule has 0 aliphatic carbocycles. The Bertz CT molecular complexity index is 661. The Labute approximate surface area is 120 Å². The Kier molecular flexibility index (Phi) is 4.43. The minimum absolute atomic E-state index is 0.0966. The number of Topliss-reactive ketones (excluding diaryl/α,β-unsaturated/α-hetero) is 1. The van der Waals surface area contributed by atoms with Crippen molar-refractivity contribution in [2.45, 2.75) is 0 Å². The van der Waals surface area contributed by atoms with Gasteiger partial charge in [-0.15, -0.1) is 0 Å². The van der Waals surface area contributed by atoms with Gasteiger partial charge in [0.05, 0.1) is 5.03 Å². The van der Waals surface area contributed by atoms with E-state index in [-0.39, 0.29) is 5.03 Å². The van der Waals surface area contributed by atoms with Crippen molar-refractivity contribution in [2.24, 2.45) is 0 Å². The lowest BCUT2D eigenvalue weighted by atomic mass is 10.1. The average Bonchev–Trinajstić information content (AvgIpc) is 2.48. The van der Waals surface area contributed by atoms with Crippen LogP contribution in [0.4, 0.5) is 4.39 Å². The van der Waals surface area contributed by atoms with E-state index in [1.807, 2.05) is 0 Å². The molecule has 0 unspecified atom stereocenters. The molecule has 0 radical (unpaired) electrons. The molecule has 0 saturated heterocycles. The van der Waals surface area contributed by atoms with Crippen LogP contribution in [-0.2, 0) is 4.79 Å². The van der Waals surface area contributed by atoms with Gasteiger partial charge in [-0.25, -0.2) is 4.39 Å². The van der Waals surface area contributed by atoms with Crippen molar-refractivity contribution in [3.8, 4) is 0 Å². The number of carbonyl (C=O) groups is 2. The number of carbonyl (C=O) groups excluding carboxylic acids is 2. The molecule has 2 aromatic carbocycles. The standard InChI is InChI=1S/C16H10ClFO2/c17-14(11-6-8-13(18)9-7-11)10-15(19)16(20)12-4-2-1-3-5-12/h1-10H/b14-10-. The van der Waals surface area contributed by atoms with Gasteiger partial charge in [0.15, 0.2) is 0 Å². The van der Waals surface area contributed by atoms with Crippen LogP contribution >= 0.6 is 11.6 Å². The molecule has 0 heterocycles. The van der Waals surface area contributed by atoms with E-state index in [1.165, 1.54) is 24.3 Å². The second-order valence-corrected chi connectivity index (χ2v) is 4.47. The van der Waals surface area contributed by atoms with Crippen molar-refractivity contribution in [3.63, 3.8) is 0 Å². The lowest BCUT2D eigenvalue weighted by Gasteiger charge is -2.00. The first-order valence-corrected chi connectivity index (χ1v) is 6.22. The van der Waals surface area contributed by atoms with Gasteiger partial charge in [-0.2, -0.15) is 0 Å². The van der Waals surface area contributed by atoms with Crippen molar-refractivity contribution < 1.29 is 14.0 Å². The number of allylic oxidation sites excluding steroid dienone is 1. The Hall–Kier alpha value is -2.26. The molecule has 0 aliphatic heterocycles. The molecule has 2 rings (SSSR count). The fourth-order valence-electron chi connectivity index (χ4n) is 1.60. The Balaban J connectivity index is 2.20. The van der Waals surface area contributed by atoms with E-state index in [4.69, 9.17) is 11.6 Å². The number of hydrogen-bond donors (Lipinski definition) is 0. The van der Waals surface area contributed by atoms with Gasteiger partial charge in [0.2, 0.25) is 11.6 Å². The first-order chi connectivity index (χ1) is 9.58. The molecule has 0 aromatic heterocycles. The third-order valence-corrected chi connectivity index (χ3v) is 2.96. The van der Waals surface area contributed by atoms with Gasteiger partial charge in [0.25, 0.3) is 0 Å². The van der Waals surface area contributed by atoms with Crippen LogP contribution in [0.15, 0.2) is 60.7 Å². The quantitative estimate of drug-likeness (QED) is 0.486. The third kappa shape index (κ3) is 3.39. The lowest BCUT2D eigenvalue weighted by Crippen LogP contribution is -2.11. The minimum atomic E-state index is -0.717. The summed E-state index contributed by atoms with van der Waals surface area (Å²) in [6.45, 7) is 0. The van der Waals surface area contributed by atoms with Gasteiger partial charge in [-0.05, 0) is 17.7 Å². The first kappa shape index (κ1) is 14.2. The second kappa shape index (κ2) is 6.26. The van der Waals surface area contributed by atoms with E-state index < -0.39 is 17.4 Å². The van der Waals surface area contributed by atoms with E-state index in [2.05, 4.69) is 0 Å². The van der Waals surface area contributed by atoms with Crippen molar-refractivity contribution in [2.75, 3.05) is 0 Å². The summed E-state index contributed by atoms with van der Waals surface area (Å²) in [6, 6.07) is 13.5. The Morgan fingerprint density at radius 3 is 2.10 bits per heavy atom. The summed E-state index contributed by atoms with van der Waals surface area (Å²) in [4.78, 5) is 23.7. The molecule has 0 bridgehead atoms. The highest BCUT2D eigenvalue weighted by Gasteiger charge is 2.14. The number of halogens is 2. The molecule has 100 valence electrons. The predicted molar refractivity (Wildman–Crippen MR) is 76.0 cm³/mol. The summed E-state index contributed by atoms with van der Waals surface area (Å²) in [5.74, 6) is -1.75. The highest BCUT2D eigenvalue weighted by Crippen LogP contribution is 2.19. The largest absolute Gasteiger partial charge is 0.285 e. The Morgan fingerprint density at radius 1 is 0.900 bits per heavy atom. The Morgan fingerprint density at radius 2 is 1.50 bits per heavy atom. The third-order valence-electron chi connectivity index (χ3n) is 2.64. The molecular formula is C16H10ClFO2. The zero-order chi connectivity index (χ0) is 14.5. The van der Waals surface area contributed by atoms with Gasteiger partial charge >= 0.3 is 0 Å². The van der Waals surface area contributed by atoms with Gasteiger partial charge in [0.1, 0.15) is 5.82 Å². The molecule has 4 heteroatoms. The summed E-state index contributed by atoms with van der Waals surface area (Å²) in [7, 11) is 0. The van der Waals surface area contributed by atoms with Gasteiger partial charge in [-0.3, -0.25) is 9.59 Å². The zero-order valence-corrected chi connectivity index (χ0v) is 11.1. The molecule has 20 heavy (non-hydrogen) atoms. The molecule has 0 amide bonds. The van der Waals surface area contributed by atoms with E-state index in [9.17, 15) is 14.0 Å². The fourth-order valence-corrected chi connectivity index (χ4v) is 1.83. The smallest absolute Gasteiger partial charge is 0.232 e. The molecule has 0 atom stereocenters. The normalized spacial score (nSPS) is 11.2. The van der Waals surface area contributed by atoms with Crippen molar-refractivity contribution >= 4 is 28.2 Å². The molecule has 0 spiro atoms. The van der Waals surface area contributed by atoms with Crippen LogP contribution in [0.3, 0.4) is 0 Å². The highest BCUT2D eigenvalue weighted by molar-refractivity contribution is 6.55. The van der Waals surface area contributed by atoms with Crippen molar-refractivity contribution in [3.05, 3.63) is 77.6 Å². The van der Waals surface area contributed by atoms with Gasteiger partial charge in [-0.1, -0.05) is 54.1 Å². The molecule has 2 aromatic rings. The van der Waals surface area contributed by atoms with Crippen LogP contribution in [-0.4, -0.2) is 11.6 Å². The minimum Gasteiger partial charge on any atom is -0.285 e. The van der Waals surface area contributed by atoms with E-state index in [0.717, 1.165) is 6.08 Å². The van der Waals surface area contributed by atoms with Crippen molar-refractivity contribution in [1.82, 2.24) is 0 Å². The van der Waals surface area contributed by atoms with Crippen LogP contribution in [0.1, 0.15) is 15.9 Å². The van der Waals surface area contributed by atoms with E-state index >= 15 is 0 Å². The SMILES string of the molecule is O=C(/C=C(\Cl)c1ccc(F)cc1)C(=O)c1ccccc1. The summed E-state index contributed by atoms with van der Waals surface area (Å²) in [5.41, 5.74) is 0.777. The van der Waals surface area contributed by atoms with E-state index in [1.54, 1.807) is 30.3 Å². The number of ketones is 2. The van der Waals surface area contributed by atoms with Gasteiger partial charge in [0, 0.05) is 11.6 Å². The maximum atomic E-state index is 12.8. The summed E-state index contributed by atoms with van der Waals surface area (Å²) in [6.07, 6.45) is 1.05. The van der Waals surface area contributed by atoms with Crippen LogP contribution in [0, 0.1) is 5.82 Å². The summed E-state index contributed by atoms with van der Waals surface area (Å²) < 4.78 is 12.8. The number of rotatable bonds is 4. The monoisotopic (exact) mass is 288 g/mol. The number of hydrogen-bond acceptors (Lipinski definition) is 2. The van der Waals surface area contributed by atoms with Crippen LogP contribution < -0.4 is 0 Å². The van der Waals surface area contributed by atoms with Crippen LogP contribution in [0.5, 0.6) is 0 Å². The molecular weight excluding hydrogens is 279 g/mol. The molecule has 0 N–H and O–H groups in total. The second-order valence-electron chi connectivity index (χ2n) is 4.06. The van der Waals surface area contributed by atoms with Gasteiger partial charge < -0.3 is 0 Å². The molecule has 0 aliphatic rings. The maximum absolute atomic E-state index is 12.8.